The van der Waals surface area contributed by atoms with Gasteiger partial charge in [-0.25, -0.2) is 8.78 Å². The van der Waals surface area contributed by atoms with Crippen molar-refractivity contribution in [2.75, 3.05) is 106 Å². The fourth-order valence-electron chi connectivity index (χ4n) is 10.6. The van der Waals surface area contributed by atoms with Crippen LogP contribution in [0.15, 0.2) is 36.4 Å². The lowest BCUT2D eigenvalue weighted by atomic mass is 9.83. The number of halogens is 2. The standard InChI is InChI=1S/C55H76F2N12O10/c1-33(58-4)48(70)62-35(3)52(74)66-19-23-68(24-20-66)54(76)46-43(39-31-37(56)13-15-41(39)64(46)6)50(72)60-17-27-78-29-30-79-28-18-61-51(73)44-40-32-38(57)14-16-42(40)65(7)47(44)55(77)69-25-21-67(22-26-69)53(75)45(36-11-9-8-10-12-36)63-49(71)34(2)59-5/h13-16,31-36,45,58-59H,8-12,17-30H2,1-7H3,(H,60,72)(H,61,73)(H,62,70)(H,63,71)/t33-,34-,35-,45-/m0/s1. The molecule has 2 aromatic carbocycles. The molecule has 0 radical (unpaired) electrons. The highest BCUT2D eigenvalue weighted by atomic mass is 19.1. The molecular weight excluding hydrogens is 1030 g/mol. The molecule has 2 saturated heterocycles. The molecule has 79 heavy (non-hydrogen) atoms. The van der Waals surface area contributed by atoms with Gasteiger partial charge in [0.15, 0.2) is 0 Å². The fourth-order valence-corrected chi connectivity index (χ4v) is 10.6. The van der Waals surface area contributed by atoms with Crippen LogP contribution in [0.4, 0.5) is 8.78 Å². The Bertz CT molecular complexity index is 2890. The number of aromatic nitrogens is 2. The Morgan fingerprint density at radius 3 is 1.38 bits per heavy atom. The number of carbonyl (C=O) groups excluding carboxylic acids is 8. The van der Waals surface area contributed by atoms with Gasteiger partial charge >= 0.3 is 0 Å². The molecule has 2 aromatic heterocycles. The summed E-state index contributed by atoms with van der Waals surface area (Å²) < 4.78 is 43.9. The van der Waals surface area contributed by atoms with Crippen LogP contribution in [0.2, 0.25) is 0 Å². The number of hydrogen-bond acceptors (Lipinski definition) is 12. The van der Waals surface area contributed by atoms with Crippen molar-refractivity contribution in [3.63, 3.8) is 0 Å². The molecule has 3 fully saturated rings. The smallest absolute Gasteiger partial charge is 0.271 e. The lowest BCUT2D eigenvalue weighted by Crippen LogP contribution is -2.59. The van der Waals surface area contributed by atoms with Crippen LogP contribution in [0.3, 0.4) is 0 Å². The van der Waals surface area contributed by atoms with Gasteiger partial charge in [0.2, 0.25) is 23.6 Å². The summed E-state index contributed by atoms with van der Waals surface area (Å²) in [5.74, 6) is -4.31. The van der Waals surface area contributed by atoms with Gasteiger partial charge in [-0.05, 0) is 90.0 Å². The number of carbonyl (C=O) groups is 8. The zero-order valence-electron chi connectivity index (χ0n) is 46.3. The molecule has 4 heterocycles. The first-order chi connectivity index (χ1) is 37.9. The molecule has 0 spiro atoms. The SMILES string of the molecule is CN[C@@H](C)C(=O)N[C@@H](C)C(=O)N1CCN(C(=O)c2c(C(=O)NCCOCCOCCNC(=O)c3c(C(=O)N4CCN(C(=O)[C@@H](NC(=O)[C@H](C)NC)C5CCCCC5)CC4)n(C)c4ccc(F)cc34)c3cc(F)ccc3n2C)CC1. The Labute approximate surface area is 458 Å². The lowest BCUT2D eigenvalue weighted by Gasteiger charge is -2.39. The number of rotatable bonds is 22. The molecule has 4 aromatic rings. The molecule has 24 heteroatoms. The Morgan fingerprint density at radius 2 is 0.949 bits per heavy atom. The first-order valence-corrected chi connectivity index (χ1v) is 27.3. The second-order valence-electron chi connectivity index (χ2n) is 20.5. The lowest BCUT2D eigenvalue weighted by molar-refractivity contribution is -0.140. The number of amides is 8. The largest absolute Gasteiger partial charge is 0.377 e. The van der Waals surface area contributed by atoms with E-state index < -0.39 is 59.4 Å². The molecule has 0 unspecified atom stereocenters. The molecule has 3 aliphatic rings. The number of ether oxygens (including phenoxy) is 2. The zero-order valence-corrected chi connectivity index (χ0v) is 46.3. The highest BCUT2D eigenvalue weighted by Crippen LogP contribution is 2.31. The van der Waals surface area contributed by atoms with E-state index in [1.807, 2.05) is 0 Å². The molecule has 22 nitrogen and oxygen atoms in total. The van der Waals surface area contributed by atoms with Crippen LogP contribution in [-0.2, 0) is 42.7 Å². The van der Waals surface area contributed by atoms with Gasteiger partial charge in [-0.3, -0.25) is 38.4 Å². The highest BCUT2D eigenvalue weighted by molar-refractivity contribution is 6.17. The predicted molar refractivity (Wildman–Crippen MR) is 290 cm³/mol. The second kappa shape index (κ2) is 27.2. The van der Waals surface area contributed by atoms with E-state index in [1.54, 1.807) is 72.8 Å². The van der Waals surface area contributed by atoms with Crippen molar-refractivity contribution in [1.82, 2.24) is 60.6 Å². The third-order valence-corrected chi connectivity index (χ3v) is 15.4. The van der Waals surface area contributed by atoms with Crippen molar-refractivity contribution in [1.29, 1.82) is 0 Å². The number of piperazine rings is 2. The van der Waals surface area contributed by atoms with Crippen molar-refractivity contribution >= 4 is 69.1 Å². The van der Waals surface area contributed by atoms with Crippen molar-refractivity contribution in [3.05, 3.63) is 70.5 Å². The molecule has 8 amide bonds. The highest BCUT2D eigenvalue weighted by Gasteiger charge is 2.38. The Morgan fingerprint density at radius 1 is 0.544 bits per heavy atom. The molecule has 1 aliphatic carbocycles. The normalized spacial score (nSPS) is 16.8. The van der Waals surface area contributed by atoms with Gasteiger partial charge in [-0.2, -0.15) is 0 Å². The molecule has 7 rings (SSSR count). The molecule has 2 aliphatic heterocycles. The second-order valence-corrected chi connectivity index (χ2v) is 20.5. The van der Waals surface area contributed by atoms with Crippen LogP contribution in [-0.4, -0.2) is 206 Å². The third-order valence-electron chi connectivity index (χ3n) is 15.4. The number of likely N-dealkylation sites (N-methyl/N-ethyl adjacent to an activating group) is 2. The maximum Gasteiger partial charge on any atom is 0.271 e. The van der Waals surface area contributed by atoms with Crippen LogP contribution in [0.1, 0.15) is 94.6 Å². The van der Waals surface area contributed by atoms with E-state index in [0.717, 1.165) is 32.1 Å². The monoisotopic (exact) mass is 1100 g/mol. The van der Waals surface area contributed by atoms with Crippen molar-refractivity contribution < 1.29 is 56.6 Å². The van der Waals surface area contributed by atoms with Crippen LogP contribution < -0.4 is 31.9 Å². The zero-order chi connectivity index (χ0) is 57.1. The minimum atomic E-state index is -0.777. The van der Waals surface area contributed by atoms with Gasteiger partial charge in [-0.1, -0.05) is 19.3 Å². The molecular formula is C55H76F2N12O10. The Hall–Kier alpha value is -7.02. The van der Waals surface area contributed by atoms with Gasteiger partial charge in [0, 0.05) is 101 Å². The van der Waals surface area contributed by atoms with Crippen molar-refractivity contribution in [2.45, 2.75) is 77.0 Å². The number of benzene rings is 2. The van der Waals surface area contributed by atoms with Gasteiger partial charge in [-0.15, -0.1) is 0 Å². The summed E-state index contributed by atoms with van der Waals surface area (Å²) in [5.41, 5.74) is 1.08. The number of hydrogen-bond donors (Lipinski definition) is 6. The van der Waals surface area contributed by atoms with Crippen LogP contribution in [0, 0.1) is 17.6 Å². The van der Waals surface area contributed by atoms with Gasteiger partial charge in [0.05, 0.1) is 49.6 Å². The number of aryl methyl sites for hydroxylation is 2. The molecule has 4 atom stereocenters. The van der Waals surface area contributed by atoms with Crippen LogP contribution in [0.5, 0.6) is 0 Å². The molecule has 0 bridgehead atoms. The van der Waals surface area contributed by atoms with Gasteiger partial charge in [0.1, 0.15) is 35.1 Å². The predicted octanol–water partition coefficient (Wildman–Crippen LogP) is 1.50. The minimum absolute atomic E-state index is 0.000525. The van der Waals surface area contributed by atoms with E-state index >= 15 is 0 Å². The first kappa shape index (κ1) is 59.6. The van der Waals surface area contributed by atoms with Crippen molar-refractivity contribution in [2.24, 2.45) is 20.0 Å². The summed E-state index contributed by atoms with van der Waals surface area (Å²) >= 11 is 0. The van der Waals surface area contributed by atoms with E-state index in [-0.39, 0.29) is 155 Å². The first-order valence-electron chi connectivity index (χ1n) is 27.3. The third kappa shape index (κ3) is 13.9. The summed E-state index contributed by atoms with van der Waals surface area (Å²) in [4.78, 5) is 115. The summed E-state index contributed by atoms with van der Waals surface area (Å²) in [6.07, 6.45) is 4.73. The number of fused-ring (bicyclic) bond motifs is 2. The van der Waals surface area contributed by atoms with E-state index in [0.29, 0.717) is 11.0 Å². The molecule has 430 valence electrons. The van der Waals surface area contributed by atoms with Crippen LogP contribution >= 0.6 is 0 Å². The quantitative estimate of drug-likeness (QED) is 0.0614. The summed E-state index contributed by atoms with van der Waals surface area (Å²) in [6, 6.07) is 5.53. The number of nitrogens with zero attached hydrogens (tertiary/aromatic N) is 6. The van der Waals surface area contributed by atoms with Crippen LogP contribution in [0.25, 0.3) is 21.8 Å². The van der Waals surface area contributed by atoms with E-state index in [4.69, 9.17) is 9.47 Å². The van der Waals surface area contributed by atoms with E-state index in [1.165, 1.54) is 41.3 Å². The fraction of sp³-hybridized carbons (Fsp3) is 0.564. The Kier molecular flexibility index (Phi) is 20.6. The summed E-state index contributed by atoms with van der Waals surface area (Å²) in [6.45, 7) is 7.02. The van der Waals surface area contributed by atoms with Gasteiger partial charge in [0.25, 0.3) is 23.6 Å². The average molecular weight is 1100 g/mol. The van der Waals surface area contributed by atoms with Gasteiger partial charge < -0.3 is 70.1 Å². The maximum atomic E-state index is 14.7. The number of nitrogens with one attached hydrogen (secondary N) is 6. The average Bonchev–Trinajstić information content (AvgIpc) is 4.18. The molecule has 1 saturated carbocycles. The van der Waals surface area contributed by atoms with E-state index in [2.05, 4.69) is 31.9 Å². The summed E-state index contributed by atoms with van der Waals surface area (Å²) in [5, 5.41) is 17.5. The maximum absolute atomic E-state index is 14.7. The minimum Gasteiger partial charge on any atom is -0.377 e. The Balaban J connectivity index is 0.878. The van der Waals surface area contributed by atoms with Crippen molar-refractivity contribution in [3.8, 4) is 0 Å². The summed E-state index contributed by atoms with van der Waals surface area (Å²) in [7, 11) is 6.59. The molecule has 6 N–H and O–H groups in total. The van der Waals surface area contributed by atoms with E-state index in [9.17, 15) is 47.1 Å². The topological polar surface area (TPSA) is 250 Å².